The van der Waals surface area contributed by atoms with Gasteiger partial charge in [-0.3, -0.25) is 0 Å². The highest BCUT2D eigenvalue weighted by Gasteiger charge is 2.33. The van der Waals surface area contributed by atoms with Crippen LogP contribution in [-0.2, 0) is 4.79 Å². The molecule has 0 aliphatic heterocycles. The van der Waals surface area contributed by atoms with Gasteiger partial charge in [0.25, 0.3) is 0 Å². The van der Waals surface area contributed by atoms with Gasteiger partial charge in [0.15, 0.2) is 11.9 Å². The highest BCUT2D eigenvalue weighted by molar-refractivity contribution is 6.34. The molecule has 0 spiro atoms. The minimum absolute atomic E-state index is 0.323. The Hall–Kier alpha value is -1.67. The molecular formula is C9H7ClF3NO4. The number of aliphatic carboxylic acids is 1. The minimum atomic E-state index is -4.95. The lowest BCUT2D eigenvalue weighted by Gasteiger charge is -2.15. The smallest absolute Gasteiger partial charge is 0.479 e. The first-order valence-corrected chi connectivity index (χ1v) is 4.75. The summed E-state index contributed by atoms with van der Waals surface area (Å²) in [6.45, 7) is 0. The van der Waals surface area contributed by atoms with Gasteiger partial charge in [-0.25, -0.2) is 4.79 Å². The summed E-state index contributed by atoms with van der Waals surface area (Å²) < 4.78 is 39.5. The monoisotopic (exact) mass is 285 g/mol. The van der Waals surface area contributed by atoms with Crippen LogP contribution in [0.15, 0.2) is 12.1 Å². The molecule has 0 heterocycles. The molecule has 0 saturated heterocycles. The predicted octanol–water partition coefficient (Wildman–Crippen LogP) is 1.94. The highest BCUT2D eigenvalue weighted by Crippen LogP contribution is 2.37. The summed E-state index contributed by atoms with van der Waals surface area (Å²) >= 11 is 5.57. The molecule has 0 radical (unpaired) electrons. The fraction of sp³-hybridized carbons (Fsp3) is 0.222. The molecule has 1 aromatic rings. The number of nitrogen functional groups attached to an aromatic ring is 1. The highest BCUT2D eigenvalue weighted by atomic mass is 35.5. The fourth-order valence-corrected chi connectivity index (χ4v) is 1.41. The molecule has 1 atom stereocenters. The number of carboxylic acid groups (broad SMARTS) is 1. The number of rotatable bonds is 3. The zero-order valence-electron chi connectivity index (χ0n) is 8.53. The number of aliphatic hydroxyl groups excluding tert-OH is 1. The van der Waals surface area contributed by atoms with Crippen molar-refractivity contribution < 1.29 is 32.9 Å². The summed E-state index contributed by atoms with van der Waals surface area (Å²) in [6, 6.07) is 1.66. The van der Waals surface area contributed by atoms with E-state index in [1.165, 1.54) is 0 Å². The van der Waals surface area contributed by atoms with Crippen LogP contribution in [0.2, 0.25) is 5.02 Å². The second kappa shape index (κ2) is 4.91. The van der Waals surface area contributed by atoms with Crippen molar-refractivity contribution >= 4 is 23.3 Å². The van der Waals surface area contributed by atoms with Crippen molar-refractivity contribution in [3.8, 4) is 5.75 Å². The summed E-state index contributed by atoms with van der Waals surface area (Å²) in [7, 11) is 0. The van der Waals surface area contributed by atoms with Gasteiger partial charge in [0.05, 0.1) is 10.7 Å². The normalized spacial score (nSPS) is 13.2. The summed E-state index contributed by atoms with van der Waals surface area (Å²) in [5, 5.41) is 17.3. The zero-order valence-corrected chi connectivity index (χ0v) is 9.29. The van der Waals surface area contributed by atoms with E-state index in [1.54, 1.807) is 0 Å². The summed E-state index contributed by atoms with van der Waals surface area (Å²) in [5.74, 6) is -2.38. The number of alkyl halides is 3. The van der Waals surface area contributed by atoms with Crippen molar-refractivity contribution in [3.63, 3.8) is 0 Å². The number of carbonyl (C=O) groups is 1. The van der Waals surface area contributed by atoms with Gasteiger partial charge in [-0.2, -0.15) is 0 Å². The number of anilines is 1. The Kier molecular flexibility index (Phi) is 3.92. The Morgan fingerprint density at radius 3 is 2.44 bits per heavy atom. The maximum Gasteiger partial charge on any atom is 0.573 e. The molecule has 5 nitrogen and oxygen atoms in total. The number of nitrogens with two attached hydrogens (primary N) is 1. The van der Waals surface area contributed by atoms with Gasteiger partial charge in [-0.1, -0.05) is 17.7 Å². The van der Waals surface area contributed by atoms with E-state index in [1.807, 2.05) is 0 Å². The van der Waals surface area contributed by atoms with Gasteiger partial charge in [-0.05, 0) is 6.07 Å². The van der Waals surface area contributed by atoms with Crippen molar-refractivity contribution in [2.24, 2.45) is 0 Å². The molecule has 1 aromatic carbocycles. The minimum Gasteiger partial charge on any atom is -0.479 e. The van der Waals surface area contributed by atoms with Crippen molar-refractivity contribution in [2.45, 2.75) is 12.5 Å². The lowest BCUT2D eigenvalue weighted by Crippen LogP contribution is -2.18. The molecule has 0 aliphatic rings. The SMILES string of the molecule is Nc1c(OC(F)(F)F)ccc(C(O)C(=O)O)c1Cl. The van der Waals surface area contributed by atoms with E-state index >= 15 is 0 Å². The molecule has 0 bridgehead atoms. The van der Waals surface area contributed by atoms with Crippen LogP contribution in [0.5, 0.6) is 5.75 Å². The Balaban J connectivity index is 3.17. The maximum atomic E-state index is 12.0. The fourth-order valence-electron chi connectivity index (χ4n) is 1.15. The lowest BCUT2D eigenvalue weighted by molar-refractivity contribution is -0.274. The lowest BCUT2D eigenvalue weighted by atomic mass is 10.1. The van der Waals surface area contributed by atoms with Crippen LogP contribution in [0.3, 0.4) is 0 Å². The van der Waals surface area contributed by atoms with E-state index in [2.05, 4.69) is 4.74 Å². The number of carboxylic acids is 1. The average molecular weight is 286 g/mol. The van der Waals surface area contributed by atoms with Gasteiger partial charge < -0.3 is 20.7 Å². The Labute approximate surface area is 104 Å². The largest absolute Gasteiger partial charge is 0.573 e. The predicted molar refractivity (Wildman–Crippen MR) is 55.1 cm³/mol. The van der Waals surface area contributed by atoms with Crippen LogP contribution < -0.4 is 10.5 Å². The Morgan fingerprint density at radius 2 is 2.00 bits per heavy atom. The van der Waals surface area contributed by atoms with Crippen LogP contribution >= 0.6 is 11.6 Å². The van der Waals surface area contributed by atoms with Crippen molar-refractivity contribution in [2.75, 3.05) is 5.73 Å². The average Bonchev–Trinajstić information content (AvgIpc) is 2.22. The van der Waals surface area contributed by atoms with E-state index in [-0.39, 0.29) is 5.56 Å². The molecular weight excluding hydrogens is 279 g/mol. The summed E-state index contributed by atoms with van der Waals surface area (Å²) in [4.78, 5) is 10.5. The molecule has 0 amide bonds. The number of hydrogen-bond acceptors (Lipinski definition) is 4. The molecule has 4 N–H and O–H groups in total. The van der Waals surface area contributed by atoms with Crippen LogP contribution in [0.25, 0.3) is 0 Å². The van der Waals surface area contributed by atoms with E-state index in [4.69, 9.17) is 22.4 Å². The maximum absolute atomic E-state index is 12.0. The van der Waals surface area contributed by atoms with Gasteiger partial charge >= 0.3 is 12.3 Å². The van der Waals surface area contributed by atoms with E-state index in [9.17, 15) is 23.1 Å². The van der Waals surface area contributed by atoms with Crippen LogP contribution in [0.4, 0.5) is 18.9 Å². The van der Waals surface area contributed by atoms with Gasteiger partial charge in [0.2, 0.25) is 0 Å². The summed E-state index contributed by atoms with van der Waals surface area (Å²) in [6.07, 6.45) is -6.94. The molecule has 18 heavy (non-hydrogen) atoms. The zero-order chi connectivity index (χ0) is 14.1. The van der Waals surface area contributed by atoms with Crippen LogP contribution in [-0.4, -0.2) is 22.5 Å². The standard InChI is InChI=1S/C9H7ClF3NO4/c10-5-3(7(15)8(16)17)1-2-4(6(5)14)18-9(11,12)13/h1-2,7,15H,14H2,(H,16,17). The summed E-state index contributed by atoms with van der Waals surface area (Å²) in [5.41, 5.74) is 4.34. The molecule has 0 aliphatic carbocycles. The van der Waals surface area contributed by atoms with Gasteiger partial charge in [0.1, 0.15) is 0 Å². The third kappa shape index (κ3) is 3.17. The topological polar surface area (TPSA) is 92.8 Å². The van der Waals surface area contributed by atoms with Crippen molar-refractivity contribution in [1.82, 2.24) is 0 Å². The first-order valence-electron chi connectivity index (χ1n) is 4.38. The second-order valence-corrected chi connectivity index (χ2v) is 3.55. The van der Waals surface area contributed by atoms with E-state index < -0.39 is 34.9 Å². The number of halogens is 4. The quantitative estimate of drug-likeness (QED) is 0.738. The molecule has 100 valence electrons. The van der Waals surface area contributed by atoms with E-state index in [0.29, 0.717) is 0 Å². The molecule has 0 fully saturated rings. The van der Waals surface area contributed by atoms with E-state index in [0.717, 1.165) is 12.1 Å². The molecule has 9 heteroatoms. The van der Waals surface area contributed by atoms with Gasteiger partial charge in [-0.15, -0.1) is 13.2 Å². The third-order valence-electron chi connectivity index (χ3n) is 1.92. The molecule has 0 saturated carbocycles. The first-order chi connectivity index (χ1) is 8.13. The Morgan fingerprint density at radius 1 is 1.44 bits per heavy atom. The second-order valence-electron chi connectivity index (χ2n) is 3.17. The number of benzene rings is 1. The molecule has 1 unspecified atom stereocenters. The van der Waals surface area contributed by atoms with Crippen LogP contribution in [0, 0.1) is 0 Å². The number of ether oxygens (including phenoxy) is 1. The van der Waals surface area contributed by atoms with Gasteiger partial charge in [0, 0.05) is 5.56 Å². The molecule has 0 aromatic heterocycles. The van der Waals surface area contributed by atoms with Crippen molar-refractivity contribution in [3.05, 3.63) is 22.7 Å². The number of hydrogen-bond donors (Lipinski definition) is 3. The third-order valence-corrected chi connectivity index (χ3v) is 2.35. The van der Waals surface area contributed by atoms with Crippen LogP contribution in [0.1, 0.15) is 11.7 Å². The molecule has 1 rings (SSSR count). The Bertz CT molecular complexity index is 478. The number of aliphatic hydroxyl groups is 1. The van der Waals surface area contributed by atoms with Crippen molar-refractivity contribution in [1.29, 1.82) is 0 Å². The first kappa shape index (κ1) is 14.4.